The van der Waals surface area contributed by atoms with Crippen LogP contribution in [0.15, 0.2) is 35.8 Å². The van der Waals surface area contributed by atoms with Crippen LogP contribution in [0, 0.1) is 0 Å². The Morgan fingerprint density at radius 2 is 2.12 bits per heavy atom. The maximum Gasteiger partial charge on any atom is 0.115 e. The number of rotatable bonds is 5. The zero-order valence-corrected chi connectivity index (χ0v) is 10.6. The third-order valence-electron chi connectivity index (χ3n) is 2.69. The minimum atomic E-state index is 0.305. The first kappa shape index (κ1) is 12.1. The summed E-state index contributed by atoms with van der Waals surface area (Å²) in [5, 5.41) is 15.8. The highest BCUT2D eigenvalue weighted by atomic mass is 32.1. The van der Waals surface area contributed by atoms with Crippen LogP contribution in [-0.4, -0.2) is 10.1 Å². The van der Waals surface area contributed by atoms with Gasteiger partial charge in [0.2, 0.25) is 0 Å². The van der Waals surface area contributed by atoms with Gasteiger partial charge in [0.15, 0.2) is 0 Å². The van der Waals surface area contributed by atoms with E-state index in [1.807, 2.05) is 23.7 Å². The van der Waals surface area contributed by atoms with Crippen molar-refractivity contribution >= 4 is 11.3 Å². The highest BCUT2D eigenvalue weighted by Gasteiger charge is 2.09. The first-order valence-corrected chi connectivity index (χ1v) is 6.58. The lowest BCUT2D eigenvalue weighted by Crippen LogP contribution is -2.20. The zero-order chi connectivity index (χ0) is 12.1. The molecule has 1 atom stereocenters. The Morgan fingerprint density at radius 1 is 1.35 bits per heavy atom. The molecular formula is C13H16N2OS. The lowest BCUT2D eigenvalue weighted by atomic mass is 10.0. The largest absolute Gasteiger partial charge is 0.508 e. The van der Waals surface area contributed by atoms with Crippen LogP contribution in [0.4, 0.5) is 0 Å². The normalized spacial score (nSPS) is 12.5. The molecule has 2 N–H and O–H groups in total. The van der Waals surface area contributed by atoms with Crippen LogP contribution < -0.4 is 5.32 Å². The van der Waals surface area contributed by atoms with E-state index in [1.54, 1.807) is 23.5 Å². The van der Waals surface area contributed by atoms with Gasteiger partial charge in [-0.15, -0.1) is 11.3 Å². The van der Waals surface area contributed by atoms with Crippen LogP contribution in [0.2, 0.25) is 0 Å². The van der Waals surface area contributed by atoms with Crippen LogP contribution >= 0.6 is 11.3 Å². The van der Waals surface area contributed by atoms with Crippen molar-refractivity contribution in [3.8, 4) is 5.75 Å². The van der Waals surface area contributed by atoms with E-state index in [1.165, 1.54) is 5.56 Å². The van der Waals surface area contributed by atoms with E-state index < -0.39 is 0 Å². The third-order valence-corrected chi connectivity index (χ3v) is 3.47. The number of benzene rings is 1. The molecule has 0 saturated heterocycles. The summed E-state index contributed by atoms with van der Waals surface area (Å²) in [4.78, 5) is 4.25. The second kappa shape index (κ2) is 5.80. The summed E-state index contributed by atoms with van der Waals surface area (Å²) in [7, 11) is 0. The maximum atomic E-state index is 9.26. The summed E-state index contributed by atoms with van der Waals surface area (Å²) < 4.78 is 0. The zero-order valence-electron chi connectivity index (χ0n) is 9.76. The average molecular weight is 248 g/mol. The fourth-order valence-electron chi connectivity index (χ4n) is 1.76. The molecule has 0 aliphatic rings. The van der Waals surface area contributed by atoms with Crippen molar-refractivity contribution in [2.45, 2.75) is 25.9 Å². The Morgan fingerprint density at radius 3 is 2.71 bits per heavy atom. The molecule has 0 amide bonds. The fraction of sp³-hybridized carbons (Fsp3) is 0.308. The quantitative estimate of drug-likeness (QED) is 0.854. The minimum Gasteiger partial charge on any atom is -0.508 e. The molecular weight excluding hydrogens is 232 g/mol. The number of hydrogen-bond acceptors (Lipinski definition) is 4. The minimum absolute atomic E-state index is 0.305. The Kier molecular flexibility index (Phi) is 4.12. The Balaban J connectivity index is 1.99. The molecule has 3 nitrogen and oxygen atoms in total. The van der Waals surface area contributed by atoms with Gasteiger partial charge in [-0.25, -0.2) is 4.98 Å². The fourth-order valence-corrected chi connectivity index (χ4v) is 2.32. The van der Waals surface area contributed by atoms with Gasteiger partial charge < -0.3 is 10.4 Å². The number of phenols is 1. The average Bonchev–Trinajstić information content (AvgIpc) is 2.85. The summed E-state index contributed by atoms with van der Waals surface area (Å²) in [6.07, 6.45) is 2.83. The lowest BCUT2D eigenvalue weighted by molar-refractivity contribution is 0.473. The molecule has 2 rings (SSSR count). The number of nitrogens with zero attached hydrogens (tertiary/aromatic N) is 1. The number of hydrogen-bond donors (Lipinski definition) is 2. The summed E-state index contributed by atoms with van der Waals surface area (Å²) in [6, 6.07) is 7.67. The maximum absolute atomic E-state index is 9.26. The van der Waals surface area contributed by atoms with E-state index in [0.29, 0.717) is 11.8 Å². The van der Waals surface area contributed by atoms with E-state index in [4.69, 9.17) is 0 Å². The van der Waals surface area contributed by atoms with Crippen molar-refractivity contribution in [3.63, 3.8) is 0 Å². The van der Waals surface area contributed by atoms with Crippen LogP contribution in [0.25, 0.3) is 0 Å². The molecule has 0 bridgehead atoms. The summed E-state index contributed by atoms with van der Waals surface area (Å²) in [5.74, 6) is 0.309. The number of aromatic hydroxyl groups is 1. The second-order valence-electron chi connectivity index (χ2n) is 3.86. The molecule has 1 heterocycles. The second-order valence-corrected chi connectivity index (χ2v) is 4.84. The van der Waals surface area contributed by atoms with Gasteiger partial charge in [-0.1, -0.05) is 19.1 Å². The van der Waals surface area contributed by atoms with Gasteiger partial charge in [0, 0.05) is 24.2 Å². The van der Waals surface area contributed by atoms with E-state index in [2.05, 4.69) is 17.2 Å². The first-order chi connectivity index (χ1) is 8.29. The highest BCUT2D eigenvalue weighted by molar-refractivity contribution is 7.09. The SMILES string of the molecule is CCC(NCc1nccs1)c1ccc(O)cc1. The molecule has 1 aromatic heterocycles. The molecule has 0 spiro atoms. The van der Waals surface area contributed by atoms with Crippen molar-refractivity contribution in [1.29, 1.82) is 0 Å². The summed E-state index contributed by atoms with van der Waals surface area (Å²) >= 11 is 1.66. The van der Waals surface area contributed by atoms with Gasteiger partial charge in [0.25, 0.3) is 0 Å². The van der Waals surface area contributed by atoms with Gasteiger partial charge in [-0.05, 0) is 24.1 Å². The standard InChI is InChI=1S/C13H16N2OS/c1-2-12(10-3-5-11(16)6-4-10)15-9-13-14-7-8-17-13/h3-8,12,15-16H,2,9H2,1H3. The van der Waals surface area contributed by atoms with Crippen LogP contribution in [0.3, 0.4) is 0 Å². The predicted octanol–water partition coefficient (Wildman–Crippen LogP) is 3.09. The van der Waals surface area contributed by atoms with Crippen LogP contribution in [0.5, 0.6) is 5.75 Å². The molecule has 1 unspecified atom stereocenters. The van der Waals surface area contributed by atoms with Crippen LogP contribution in [0.1, 0.15) is 30.0 Å². The summed E-state index contributed by atoms with van der Waals surface area (Å²) in [5.41, 5.74) is 1.20. The van der Waals surface area contributed by atoms with Gasteiger partial charge >= 0.3 is 0 Å². The molecule has 0 aliphatic heterocycles. The number of nitrogens with one attached hydrogen (secondary N) is 1. The molecule has 17 heavy (non-hydrogen) atoms. The molecule has 90 valence electrons. The van der Waals surface area contributed by atoms with Gasteiger partial charge in [0.1, 0.15) is 10.8 Å². The molecule has 4 heteroatoms. The monoisotopic (exact) mass is 248 g/mol. The van der Waals surface area contributed by atoms with E-state index in [-0.39, 0.29) is 0 Å². The Bertz CT molecular complexity index is 439. The number of phenolic OH excluding ortho intramolecular Hbond substituents is 1. The Hall–Kier alpha value is -1.39. The smallest absolute Gasteiger partial charge is 0.115 e. The topological polar surface area (TPSA) is 45.2 Å². The molecule has 0 radical (unpaired) electrons. The molecule has 2 aromatic rings. The van der Waals surface area contributed by atoms with E-state index in [9.17, 15) is 5.11 Å². The van der Waals surface area contributed by atoms with E-state index >= 15 is 0 Å². The molecule has 0 fully saturated rings. The molecule has 0 aliphatic carbocycles. The van der Waals surface area contributed by atoms with Gasteiger partial charge in [0.05, 0.1) is 0 Å². The van der Waals surface area contributed by atoms with Crippen LogP contribution in [-0.2, 0) is 6.54 Å². The Labute approximate surface area is 105 Å². The first-order valence-electron chi connectivity index (χ1n) is 5.70. The van der Waals surface area contributed by atoms with Crippen molar-refractivity contribution < 1.29 is 5.11 Å². The van der Waals surface area contributed by atoms with Crippen molar-refractivity contribution in [2.24, 2.45) is 0 Å². The number of aromatic nitrogens is 1. The number of thiazole rings is 1. The molecule has 1 aromatic carbocycles. The van der Waals surface area contributed by atoms with Crippen molar-refractivity contribution in [3.05, 3.63) is 46.4 Å². The van der Waals surface area contributed by atoms with Crippen molar-refractivity contribution in [2.75, 3.05) is 0 Å². The van der Waals surface area contributed by atoms with Gasteiger partial charge in [-0.2, -0.15) is 0 Å². The van der Waals surface area contributed by atoms with E-state index in [0.717, 1.165) is 18.0 Å². The molecule has 0 saturated carbocycles. The summed E-state index contributed by atoms with van der Waals surface area (Å²) in [6.45, 7) is 2.93. The van der Waals surface area contributed by atoms with Gasteiger partial charge in [-0.3, -0.25) is 0 Å². The predicted molar refractivity (Wildman–Crippen MR) is 70.1 cm³/mol. The van der Waals surface area contributed by atoms with Crippen molar-refractivity contribution in [1.82, 2.24) is 10.3 Å². The third kappa shape index (κ3) is 3.28. The highest BCUT2D eigenvalue weighted by Crippen LogP contribution is 2.20. The lowest BCUT2D eigenvalue weighted by Gasteiger charge is -2.16.